The van der Waals surface area contributed by atoms with Gasteiger partial charge in [-0.25, -0.2) is 4.98 Å². The molecule has 3 aromatic rings. The maximum Gasteiger partial charge on any atom is 0.191 e. The second-order valence-electron chi connectivity index (χ2n) is 6.63. The smallest absolute Gasteiger partial charge is 0.191 e. The molecule has 2 heterocycles. The molecule has 0 aliphatic carbocycles. The molecule has 7 heteroatoms. The van der Waals surface area contributed by atoms with E-state index in [4.69, 9.17) is 0 Å². The first-order valence-electron chi connectivity index (χ1n) is 9.27. The van der Waals surface area contributed by atoms with Crippen LogP contribution in [-0.4, -0.2) is 41.9 Å². The van der Waals surface area contributed by atoms with Crippen LogP contribution in [0, 0.1) is 0 Å². The fourth-order valence-electron chi connectivity index (χ4n) is 2.84. The summed E-state index contributed by atoms with van der Waals surface area (Å²) in [4.78, 5) is 10.9. The Morgan fingerprint density at radius 2 is 1.79 bits per heavy atom. The lowest BCUT2D eigenvalue weighted by Gasteiger charge is -2.15. The Morgan fingerprint density at radius 3 is 2.50 bits per heavy atom. The molecule has 7 nitrogen and oxygen atoms in total. The summed E-state index contributed by atoms with van der Waals surface area (Å²) in [6.07, 6.45) is 3.77. The van der Waals surface area contributed by atoms with Crippen LogP contribution in [0.5, 0.6) is 0 Å². The zero-order valence-electron chi connectivity index (χ0n) is 16.6. The van der Waals surface area contributed by atoms with Gasteiger partial charge in [0.2, 0.25) is 0 Å². The lowest BCUT2D eigenvalue weighted by molar-refractivity contribution is 0.677. The van der Waals surface area contributed by atoms with Gasteiger partial charge in [-0.05, 0) is 29.3 Å². The predicted octanol–water partition coefficient (Wildman–Crippen LogP) is 2.26. The summed E-state index contributed by atoms with van der Waals surface area (Å²) < 4.78 is 1.93. The van der Waals surface area contributed by atoms with Gasteiger partial charge in [-0.2, -0.15) is 5.10 Å². The van der Waals surface area contributed by atoms with Crippen LogP contribution in [0.1, 0.15) is 16.8 Å². The third-order valence-corrected chi connectivity index (χ3v) is 4.37. The summed E-state index contributed by atoms with van der Waals surface area (Å²) in [7, 11) is 5.75. The quantitative estimate of drug-likeness (QED) is 0.488. The molecule has 28 heavy (non-hydrogen) atoms. The second-order valence-corrected chi connectivity index (χ2v) is 6.63. The van der Waals surface area contributed by atoms with E-state index in [1.54, 1.807) is 13.2 Å². The van der Waals surface area contributed by atoms with Crippen LogP contribution in [-0.2, 0) is 19.6 Å². The summed E-state index contributed by atoms with van der Waals surface area (Å²) in [5, 5.41) is 11.0. The van der Waals surface area contributed by atoms with Gasteiger partial charge in [0.1, 0.15) is 5.82 Å². The van der Waals surface area contributed by atoms with E-state index in [0.29, 0.717) is 13.1 Å². The van der Waals surface area contributed by atoms with E-state index in [9.17, 15) is 0 Å². The third-order valence-electron chi connectivity index (χ3n) is 4.37. The van der Waals surface area contributed by atoms with E-state index < -0.39 is 0 Å². The van der Waals surface area contributed by atoms with Gasteiger partial charge in [0.15, 0.2) is 5.96 Å². The van der Waals surface area contributed by atoms with Gasteiger partial charge in [-0.15, -0.1) is 0 Å². The van der Waals surface area contributed by atoms with Crippen molar-refractivity contribution in [3.63, 3.8) is 0 Å². The van der Waals surface area contributed by atoms with Crippen molar-refractivity contribution in [1.29, 1.82) is 0 Å². The Balaban J connectivity index is 1.58. The summed E-state index contributed by atoms with van der Waals surface area (Å²) in [6, 6.07) is 16.3. The third kappa shape index (κ3) is 5.33. The summed E-state index contributed by atoms with van der Waals surface area (Å²) >= 11 is 0. The Labute approximate surface area is 166 Å². The van der Waals surface area contributed by atoms with E-state index in [2.05, 4.69) is 50.0 Å². The minimum atomic E-state index is 0.607. The van der Waals surface area contributed by atoms with Crippen molar-refractivity contribution in [2.75, 3.05) is 26.0 Å². The molecular weight excluding hydrogens is 350 g/mol. The SMILES string of the molecule is CN=C(NCc1cccc(N(C)C)n1)NCc1ccccc1Cn1cccn1. The van der Waals surface area contributed by atoms with Crippen molar-refractivity contribution in [3.05, 3.63) is 77.7 Å². The first-order chi connectivity index (χ1) is 13.7. The topological polar surface area (TPSA) is 70.4 Å². The van der Waals surface area contributed by atoms with Crippen molar-refractivity contribution in [2.24, 2.45) is 4.99 Å². The molecule has 0 spiro atoms. The monoisotopic (exact) mass is 377 g/mol. The maximum absolute atomic E-state index is 4.62. The molecule has 0 fully saturated rings. The van der Waals surface area contributed by atoms with Crippen LogP contribution in [0.3, 0.4) is 0 Å². The number of pyridine rings is 1. The van der Waals surface area contributed by atoms with Gasteiger partial charge < -0.3 is 15.5 Å². The zero-order valence-corrected chi connectivity index (χ0v) is 16.6. The number of rotatable bonds is 7. The van der Waals surface area contributed by atoms with Crippen molar-refractivity contribution >= 4 is 11.8 Å². The molecule has 0 aliphatic rings. The van der Waals surface area contributed by atoms with E-state index in [0.717, 1.165) is 24.0 Å². The molecule has 1 aromatic carbocycles. The van der Waals surface area contributed by atoms with Gasteiger partial charge in [0.25, 0.3) is 0 Å². The van der Waals surface area contributed by atoms with Crippen LogP contribution in [0.25, 0.3) is 0 Å². The van der Waals surface area contributed by atoms with E-state index in [1.807, 2.05) is 54.1 Å². The van der Waals surface area contributed by atoms with Crippen molar-refractivity contribution < 1.29 is 0 Å². The van der Waals surface area contributed by atoms with Gasteiger partial charge in [-0.3, -0.25) is 9.67 Å². The molecule has 2 N–H and O–H groups in total. The highest BCUT2D eigenvalue weighted by atomic mass is 15.3. The number of aromatic nitrogens is 3. The Kier molecular flexibility index (Phi) is 6.62. The Hall–Kier alpha value is -3.35. The molecule has 0 atom stereocenters. The molecule has 3 rings (SSSR count). The van der Waals surface area contributed by atoms with E-state index >= 15 is 0 Å². The fourth-order valence-corrected chi connectivity index (χ4v) is 2.84. The van der Waals surface area contributed by atoms with E-state index in [1.165, 1.54) is 11.1 Å². The largest absolute Gasteiger partial charge is 0.363 e. The fraction of sp³-hybridized carbons (Fsp3) is 0.286. The van der Waals surface area contributed by atoms with Crippen molar-refractivity contribution in [3.8, 4) is 0 Å². The minimum Gasteiger partial charge on any atom is -0.363 e. The van der Waals surface area contributed by atoms with Gasteiger partial charge in [0.05, 0.1) is 18.8 Å². The Bertz CT molecular complexity index is 901. The summed E-state index contributed by atoms with van der Waals surface area (Å²) in [6.45, 7) is 2.04. The highest BCUT2D eigenvalue weighted by Crippen LogP contribution is 2.10. The maximum atomic E-state index is 4.62. The first-order valence-corrected chi connectivity index (χ1v) is 9.27. The highest BCUT2D eigenvalue weighted by molar-refractivity contribution is 5.79. The molecule has 0 bridgehead atoms. The zero-order chi connectivity index (χ0) is 19.8. The summed E-state index contributed by atoms with van der Waals surface area (Å²) in [5.74, 6) is 1.68. The number of benzene rings is 1. The number of nitrogens with zero attached hydrogens (tertiary/aromatic N) is 5. The minimum absolute atomic E-state index is 0.607. The number of aliphatic imine (C=N–C) groups is 1. The molecule has 146 valence electrons. The van der Waals surface area contributed by atoms with Crippen LogP contribution >= 0.6 is 0 Å². The number of hydrogen-bond acceptors (Lipinski definition) is 4. The van der Waals surface area contributed by atoms with Gasteiger partial charge in [0, 0.05) is 40.1 Å². The number of guanidine groups is 1. The molecule has 0 saturated heterocycles. The predicted molar refractivity (Wildman–Crippen MR) is 113 cm³/mol. The molecular formula is C21H27N7. The van der Waals surface area contributed by atoms with Crippen molar-refractivity contribution in [1.82, 2.24) is 25.4 Å². The van der Waals surface area contributed by atoms with Crippen LogP contribution in [0.4, 0.5) is 5.82 Å². The number of anilines is 1. The van der Waals surface area contributed by atoms with Crippen LogP contribution < -0.4 is 15.5 Å². The molecule has 0 saturated carbocycles. The first kappa shape index (κ1) is 19.4. The summed E-state index contributed by atoms with van der Waals surface area (Å²) in [5.41, 5.74) is 3.41. The van der Waals surface area contributed by atoms with Crippen molar-refractivity contribution in [2.45, 2.75) is 19.6 Å². The lowest BCUT2D eigenvalue weighted by Crippen LogP contribution is -2.36. The van der Waals surface area contributed by atoms with Crippen LogP contribution in [0.15, 0.2) is 65.9 Å². The van der Waals surface area contributed by atoms with Gasteiger partial charge in [-0.1, -0.05) is 30.3 Å². The molecule has 0 amide bonds. The number of nitrogens with one attached hydrogen (secondary N) is 2. The molecule has 2 aromatic heterocycles. The molecule has 0 radical (unpaired) electrons. The highest BCUT2D eigenvalue weighted by Gasteiger charge is 2.06. The lowest BCUT2D eigenvalue weighted by atomic mass is 10.1. The molecule has 0 unspecified atom stereocenters. The van der Waals surface area contributed by atoms with Gasteiger partial charge >= 0.3 is 0 Å². The Morgan fingerprint density at radius 1 is 1.00 bits per heavy atom. The van der Waals surface area contributed by atoms with Crippen LogP contribution in [0.2, 0.25) is 0 Å². The second kappa shape index (κ2) is 9.55. The van der Waals surface area contributed by atoms with E-state index in [-0.39, 0.29) is 0 Å². The average Bonchev–Trinajstić information content (AvgIpc) is 3.22. The molecule has 0 aliphatic heterocycles. The number of hydrogen-bond donors (Lipinski definition) is 2. The standard InChI is InChI=1S/C21H27N7/c1-22-21(24-15-19-10-6-11-20(26-19)27(2)3)23-14-17-8-4-5-9-18(17)16-28-13-7-12-25-28/h4-13H,14-16H2,1-3H3,(H2,22,23,24). The normalized spacial score (nSPS) is 11.3. The average molecular weight is 377 g/mol.